The van der Waals surface area contributed by atoms with E-state index in [1.165, 1.54) is 12.8 Å². The standard InChI is InChI=1S/C13H28N2O/c1-10(2)14-8-12-6-7-13(16-12)9-15(5)11(3)4/h10-14H,6-9H2,1-5H3. The van der Waals surface area contributed by atoms with Crippen LogP contribution in [0.2, 0.25) is 0 Å². The molecule has 0 radical (unpaired) electrons. The highest BCUT2D eigenvalue weighted by atomic mass is 16.5. The first-order valence-electron chi connectivity index (χ1n) is 6.58. The van der Waals surface area contributed by atoms with Crippen LogP contribution in [0.3, 0.4) is 0 Å². The van der Waals surface area contributed by atoms with E-state index in [1.54, 1.807) is 0 Å². The van der Waals surface area contributed by atoms with Crippen LogP contribution in [0, 0.1) is 0 Å². The fourth-order valence-corrected chi connectivity index (χ4v) is 1.96. The zero-order valence-corrected chi connectivity index (χ0v) is 11.5. The van der Waals surface area contributed by atoms with Gasteiger partial charge in [-0.1, -0.05) is 13.8 Å². The highest BCUT2D eigenvalue weighted by molar-refractivity contribution is 4.78. The minimum atomic E-state index is 0.424. The highest BCUT2D eigenvalue weighted by Crippen LogP contribution is 2.20. The van der Waals surface area contributed by atoms with Crippen molar-refractivity contribution in [1.82, 2.24) is 10.2 Å². The van der Waals surface area contributed by atoms with Crippen molar-refractivity contribution in [2.24, 2.45) is 0 Å². The molecule has 0 aliphatic carbocycles. The van der Waals surface area contributed by atoms with Crippen LogP contribution in [-0.4, -0.2) is 49.3 Å². The van der Waals surface area contributed by atoms with Crippen LogP contribution >= 0.6 is 0 Å². The van der Waals surface area contributed by atoms with Gasteiger partial charge < -0.3 is 15.0 Å². The summed E-state index contributed by atoms with van der Waals surface area (Å²) in [4.78, 5) is 2.36. The molecule has 3 heteroatoms. The Morgan fingerprint density at radius 1 is 1.19 bits per heavy atom. The summed E-state index contributed by atoms with van der Waals surface area (Å²) in [5.74, 6) is 0. The molecule has 2 unspecified atom stereocenters. The molecule has 2 atom stereocenters. The molecule has 1 aliphatic heterocycles. The van der Waals surface area contributed by atoms with Gasteiger partial charge in [0.25, 0.3) is 0 Å². The van der Waals surface area contributed by atoms with E-state index in [1.807, 2.05) is 0 Å². The van der Waals surface area contributed by atoms with Gasteiger partial charge in [-0.15, -0.1) is 0 Å². The van der Waals surface area contributed by atoms with Gasteiger partial charge in [0.05, 0.1) is 12.2 Å². The van der Waals surface area contributed by atoms with Crippen LogP contribution in [0.1, 0.15) is 40.5 Å². The number of likely N-dealkylation sites (N-methyl/N-ethyl adjacent to an activating group) is 1. The van der Waals surface area contributed by atoms with Gasteiger partial charge in [-0.3, -0.25) is 0 Å². The fraction of sp³-hybridized carbons (Fsp3) is 1.00. The van der Waals surface area contributed by atoms with Crippen LogP contribution < -0.4 is 5.32 Å². The van der Waals surface area contributed by atoms with Crippen LogP contribution in [0.15, 0.2) is 0 Å². The number of nitrogens with zero attached hydrogens (tertiary/aromatic N) is 1. The molecule has 96 valence electrons. The summed E-state index contributed by atoms with van der Waals surface area (Å²) in [6.45, 7) is 10.9. The molecule has 0 amide bonds. The van der Waals surface area contributed by atoms with Gasteiger partial charge in [0.1, 0.15) is 0 Å². The van der Waals surface area contributed by atoms with Gasteiger partial charge in [0, 0.05) is 25.2 Å². The molecule has 1 heterocycles. The zero-order valence-electron chi connectivity index (χ0n) is 11.5. The molecule has 0 aromatic heterocycles. The summed E-state index contributed by atoms with van der Waals surface area (Å²) in [5.41, 5.74) is 0. The molecule has 1 fully saturated rings. The minimum Gasteiger partial charge on any atom is -0.372 e. The van der Waals surface area contributed by atoms with E-state index < -0.39 is 0 Å². The maximum Gasteiger partial charge on any atom is 0.0707 e. The SMILES string of the molecule is CC(C)NCC1CCC(CN(C)C(C)C)O1. The third-order valence-corrected chi connectivity index (χ3v) is 3.32. The normalized spacial score (nSPS) is 26.2. The fourth-order valence-electron chi connectivity index (χ4n) is 1.96. The molecule has 16 heavy (non-hydrogen) atoms. The molecular weight excluding hydrogens is 200 g/mol. The summed E-state index contributed by atoms with van der Waals surface area (Å²) in [5, 5.41) is 3.45. The van der Waals surface area contributed by atoms with Crippen LogP contribution in [0.4, 0.5) is 0 Å². The Bertz CT molecular complexity index is 194. The molecule has 1 rings (SSSR count). The first-order valence-corrected chi connectivity index (χ1v) is 6.58. The molecule has 0 spiro atoms. The van der Waals surface area contributed by atoms with Crippen molar-refractivity contribution in [3.8, 4) is 0 Å². The Morgan fingerprint density at radius 3 is 2.38 bits per heavy atom. The summed E-state index contributed by atoms with van der Waals surface area (Å²) in [6, 6.07) is 1.16. The lowest BCUT2D eigenvalue weighted by Gasteiger charge is -2.24. The molecule has 0 saturated carbocycles. The molecule has 1 aliphatic rings. The second kappa shape index (κ2) is 6.58. The van der Waals surface area contributed by atoms with Crippen molar-refractivity contribution in [3.05, 3.63) is 0 Å². The lowest BCUT2D eigenvalue weighted by molar-refractivity contribution is 0.0224. The van der Waals surface area contributed by atoms with E-state index in [-0.39, 0.29) is 0 Å². The van der Waals surface area contributed by atoms with Crippen LogP contribution in [0.5, 0.6) is 0 Å². The quantitative estimate of drug-likeness (QED) is 0.751. The van der Waals surface area contributed by atoms with E-state index in [0.717, 1.165) is 13.1 Å². The first-order chi connectivity index (χ1) is 7.49. The van der Waals surface area contributed by atoms with Crippen molar-refractivity contribution < 1.29 is 4.74 Å². The lowest BCUT2D eigenvalue weighted by Crippen LogP contribution is -2.36. The van der Waals surface area contributed by atoms with E-state index in [0.29, 0.717) is 24.3 Å². The topological polar surface area (TPSA) is 24.5 Å². The largest absolute Gasteiger partial charge is 0.372 e. The van der Waals surface area contributed by atoms with E-state index in [2.05, 4.69) is 45.0 Å². The molecular formula is C13H28N2O. The Balaban J connectivity index is 2.19. The second-order valence-electron chi connectivity index (χ2n) is 5.55. The van der Waals surface area contributed by atoms with Crippen LogP contribution in [-0.2, 0) is 4.74 Å². The summed E-state index contributed by atoms with van der Waals surface area (Å²) >= 11 is 0. The monoisotopic (exact) mass is 228 g/mol. The molecule has 3 nitrogen and oxygen atoms in total. The van der Waals surface area contributed by atoms with Crippen molar-refractivity contribution in [2.45, 2.75) is 64.8 Å². The maximum absolute atomic E-state index is 6.03. The molecule has 0 bridgehead atoms. The number of rotatable bonds is 6. The van der Waals surface area contributed by atoms with Gasteiger partial charge in [0.15, 0.2) is 0 Å². The van der Waals surface area contributed by atoms with Gasteiger partial charge in [-0.05, 0) is 33.7 Å². The molecule has 1 saturated heterocycles. The Hall–Kier alpha value is -0.120. The predicted molar refractivity (Wildman–Crippen MR) is 68.8 cm³/mol. The third kappa shape index (κ3) is 4.81. The molecule has 0 aromatic rings. The first kappa shape index (κ1) is 13.9. The Kier molecular flexibility index (Phi) is 5.73. The van der Waals surface area contributed by atoms with Crippen molar-refractivity contribution in [3.63, 3.8) is 0 Å². The van der Waals surface area contributed by atoms with E-state index in [4.69, 9.17) is 4.74 Å². The minimum absolute atomic E-state index is 0.424. The van der Waals surface area contributed by atoms with Crippen molar-refractivity contribution >= 4 is 0 Å². The second-order valence-corrected chi connectivity index (χ2v) is 5.55. The Morgan fingerprint density at radius 2 is 1.81 bits per heavy atom. The summed E-state index contributed by atoms with van der Waals surface area (Å²) in [7, 11) is 2.17. The number of hydrogen-bond acceptors (Lipinski definition) is 3. The summed E-state index contributed by atoms with van der Waals surface area (Å²) in [6.07, 6.45) is 3.27. The average Bonchev–Trinajstić information content (AvgIpc) is 2.62. The van der Waals surface area contributed by atoms with Gasteiger partial charge in [-0.2, -0.15) is 0 Å². The number of hydrogen-bond donors (Lipinski definition) is 1. The predicted octanol–water partition coefficient (Wildman–Crippen LogP) is 1.87. The zero-order chi connectivity index (χ0) is 12.1. The maximum atomic E-state index is 6.03. The Labute approximate surface area is 101 Å². The van der Waals surface area contributed by atoms with Gasteiger partial charge >= 0.3 is 0 Å². The average molecular weight is 228 g/mol. The van der Waals surface area contributed by atoms with Gasteiger partial charge in [0.2, 0.25) is 0 Å². The van der Waals surface area contributed by atoms with Crippen molar-refractivity contribution in [2.75, 3.05) is 20.1 Å². The van der Waals surface area contributed by atoms with E-state index in [9.17, 15) is 0 Å². The van der Waals surface area contributed by atoms with Gasteiger partial charge in [-0.25, -0.2) is 0 Å². The number of ether oxygens (including phenoxy) is 1. The lowest BCUT2D eigenvalue weighted by atomic mass is 10.1. The third-order valence-electron chi connectivity index (χ3n) is 3.32. The molecule has 1 N–H and O–H groups in total. The summed E-state index contributed by atoms with van der Waals surface area (Å²) < 4.78 is 6.03. The van der Waals surface area contributed by atoms with Crippen molar-refractivity contribution in [1.29, 1.82) is 0 Å². The highest BCUT2D eigenvalue weighted by Gasteiger charge is 2.26. The van der Waals surface area contributed by atoms with E-state index >= 15 is 0 Å². The smallest absolute Gasteiger partial charge is 0.0707 e. The molecule has 0 aromatic carbocycles. The van der Waals surface area contributed by atoms with Crippen LogP contribution in [0.25, 0.3) is 0 Å². The number of nitrogens with one attached hydrogen (secondary N) is 1.